The van der Waals surface area contributed by atoms with Crippen LogP contribution in [0.2, 0.25) is 0 Å². The van der Waals surface area contributed by atoms with E-state index in [2.05, 4.69) is 0 Å². The molecule has 13 heavy (non-hydrogen) atoms. The van der Waals surface area contributed by atoms with Gasteiger partial charge < -0.3 is 14.9 Å². The third-order valence-electron chi connectivity index (χ3n) is 1.96. The number of hydrogen-bond donors (Lipinski definition) is 2. The first-order chi connectivity index (χ1) is 6.16. The molecule has 2 N–H and O–H groups in total. The monoisotopic (exact) mass is 184 g/mol. The minimum Gasteiger partial charge on any atom is -0.504 e. The highest BCUT2D eigenvalue weighted by molar-refractivity contribution is 5.36. The van der Waals surface area contributed by atoms with E-state index >= 15 is 0 Å². The fourth-order valence-corrected chi connectivity index (χ4v) is 1.10. The topological polar surface area (TPSA) is 53.6 Å². The molecule has 0 bridgehead atoms. The van der Waals surface area contributed by atoms with Crippen LogP contribution in [0.25, 0.3) is 0 Å². The molecule has 4 heteroatoms. The second-order valence-corrected chi connectivity index (χ2v) is 2.82. The molecule has 0 aliphatic heterocycles. The molecule has 0 unspecified atom stereocenters. The van der Waals surface area contributed by atoms with E-state index in [1.54, 1.807) is 20.2 Å². The van der Waals surface area contributed by atoms with Crippen molar-refractivity contribution < 1.29 is 19.5 Å². The number of methoxy groups -OCH3 is 1. The fraction of sp³-hybridized carbons (Fsp3) is 0.444. The van der Waals surface area contributed by atoms with E-state index in [1.165, 1.54) is 6.07 Å². The Morgan fingerprint density at radius 3 is 2.77 bits per heavy atom. The molecule has 72 valence electrons. The zero-order valence-electron chi connectivity index (χ0n) is 7.82. The molecule has 0 aliphatic carbocycles. The van der Waals surface area contributed by atoms with Gasteiger partial charge in [-0.1, -0.05) is 0 Å². The second-order valence-electron chi connectivity index (χ2n) is 2.82. The number of hydrogen-bond acceptors (Lipinski definition) is 3. The molecule has 0 saturated heterocycles. The van der Waals surface area contributed by atoms with Crippen LogP contribution in [-0.4, -0.2) is 23.9 Å². The van der Waals surface area contributed by atoms with Gasteiger partial charge in [0.15, 0.2) is 18.5 Å². The van der Waals surface area contributed by atoms with Gasteiger partial charge >= 0.3 is 0 Å². The van der Waals surface area contributed by atoms with E-state index in [1.807, 2.05) is 4.57 Å². The van der Waals surface area contributed by atoms with Crippen LogP contribution in [0, 0.1) is 6.92 Å². The number of aromatic nitrogens is 1. The van der Waals surface area contributed by atoms with E-state index in [0.717, 1.165) is 0 Å². The molecule has 0 aliphatic rings. The molecular formula is C9H14NO3+. The van der Waals surface area contributed by atoms with Crippen molar-refractivity contribution in [3.63, 3.8) is 0 Å². The first-order valence-corrected chi connectivity index (χ1v) is 4.06. The average Bonchev–Trinajstić information content (AvgIpc) is 2.13. The third-order valence-corrected chi connectivity index (χ3v) is 1.96. The van der Waals surface area contributed by atoms with Crippen molar-refractivity contribution in [3.05, 3.63) is 18.0 Å². The van der Waals surface area contributed by atoms with Crippen molar-refractivity contribution in [2.45, 2.75) is 13.5 Å². The number of nitrogens with zero attached hydrogens (tertiary/aromatic N) is 1. The van der Waals surface area contributed by atoms with Crippen LogP contribution in [0.15, 0.2) is 12.3 Å². The molecule has 1 aromatic heterocycles. The molecule has 0 atom stereocenters. The van der Waals surface area contributed by atoms with Crippen LogP contribution in [0.5, 0.6) is 11.5 Å². The molecule has 1 rings (SSSR count). The van der Waals surface area contributed by atoms with Crippen molar-refractivity contribution in [3.8, 4) is 11.5 Å². The van der Waals surface area contributed by atoms with Gasteiger partial charge in [-0.05, 0) is 0 Å². The lowest BCUT2D eigenvalue weighted by Gasteiger charge is -2.02. The van der Waals surface area contributed by atoms with Gasteiger partial charge in [-0.15, -0.1) is 0 Å². The maximum Gasteiger partial charge on any atom is 0.226 e. The zero-order chi connectivity index (χ0) is 9.84. The Morgan fingerprint density at radius 1 is 1.46 bits per heavy atom. The molecular weight excluding hydrogens is 170 g/mol. The van der Waals surface area contributed by atoms with Crippen molar-refractivity contribution in [1.82, 2.24) is 0 Å². The maximum absolute atomic E-state index is 9.37. The number of pyridine rings is 1. The standard InChI is InChI=1S/C9H13NO3/c1-7-9(12)8(11)3-4-10(7)5-6-13-2/h3-4,12H,5-6H2,1-2H3/p+1. The lowest BCUT2D eigenvalue weighted by molar-refractivity contribution is -0.704. The smallest absolute Gasteiger partial charge is 0.226 e. The Labute approximate surface area is 77.0 Å². The summed E-state index contributed by atoms with van der Waals surface area (Å²) in [6, 6.07) is 1.46. The van der Waals surface area contributed by atoms with Crippen molar-refractivity contribution in [2.75, 3.05) is 13.7 Å². The molecule has 0 aromatic carbocycles. The highest BCUT2D eigenvalue weighted by Crippen LogP contribution is 2.24. The van der Waals surface area contributed by atoms with Gasteiger partial charge in [-0.3, -0.25) is 0 Å². The Kier molecular flexibility index (Phi) is 3.08. The van der Waals surface area contributed by atoms with E-state index in [4.69, 9.17) is 9.84 Å². The second kappa shape index (κ2) is 4.09. The number of ether oxygens (including phenoxy) is 1. The Hall–Kier alpha value is -1.29. The summed E-state index contributed by atoms with van der Waals surface area (Å²) in [5.74, 6) is -0.162. The minimum absolute atomic E-state index is 0.0707. The van der Waals surface area contributed by atoms with Crippen molar-refractivity contribution in [2.24, 2.45) is 0 Å². The highest BCUT2D eigenvalue weighted by atomic mass is 16.5. The van der Waals surface area contributed by atoms with Crippen LogP contribution in [0.1, 0.15) is 5.69 Å². The Balaban J connectivity index is 2.90. The predicted molar refractivity (Wildman–Crippen MR) is 46.6 cm³/mol. The summed E-state index contributed by atoms with van der Waals surface area (Å²) in [7, 11) is 1.62. The Bertz CT molecular complexity index is 299. The van der Waals surface area contributed by atoms with Crippen LogP contribution < -0.4 is 4.57 Å². The normalized spacial score (nSPS) is 10.3. The van der Waals surface area contributed by atoms with E-state index in [9.17, 15) is 5.11 Å². The van der Waals surface area contributed by atoms with Gasteiger partial charge in [0.25, 0.3) is 0 Å². The summed E-state index contributed by atoms with van der Waals surface area (Å²) in [6.07, 6.45) is 1.71. The van der Waals surface area contributed by atoms with Crippen molar-refractivity contribution >= 4 is 0 Å². The largest absolute Gasteiger partial charge is 0.504 e. The SMILES string of the molecule is COCC[n+]1ccc(O)c(O)c1C. The first kappa shape index (κ1) is 9.80. The van der Waals surface area contributed by atoms with Gasteiger partial charge in [-0.2, -0.15) is 4.57 Å². The summed E-state index contributed by atoms with van der Waals surface area (Å²) >= 11 is 0. The molecule has 4 nitrogen and oxygen atoms in total. The molecule has 0 amide bonds. The molecule has 1 aromatic rings. The number of aromatic hydroxyl groups is 2. The minimum atomic E-state index is -0.0915. The molecule has 0 radical (unpaired) electrons. The zero-order valence-corrected chi connectivity index (χ0v) is 7.82. The van der Waals surface area contributed by atoms with E-state index in [-0.39, 0.29) is 11.5 Å². The van der Waals surface area contributed by atoms with Gasteiger partial charge in [0.1, 0.15) is 6.61 Å². The molecule has 0 saturated carbocycles. The maximum atomic E-state index is 9.37. The highest BCUT2D eigenvalue weighted by Gasteiger charge is 2.14. The molecule has 0 fully saturated rings. The Morgan fingerprint density at radius 2 is 2.15 bits per heavy atom. The van der Waals surface area contributed by atoms with E-state index < -0.39 is 0 Å². The first-order valence-electron chi connectivity index (χ1n) is 4.06. The number of rotatable bonds is 3. The summed E-state index contributed by atoms with van der Waals surface area (Å²) in [5.41, 5.74) is 0.636. The lowest BCUT2D eigenvalue weighted by Crippen LogP contribution is -2.38. The fourth-order valence-electron chi connectivity index (χ4n) is 1.10. The van der Waals surface area contributed by atoms with E-state index in [0.29, 0.717) is 18.8 Å². The summed E-state index contributed by atoms with van der Waals surface area (Å²) < 4.78 is 6.72. The molecule has 0 spiro atoms. The van der Waals surface area contributed by atoms with Crippen LogP contribution >= 0.6 is 0 Å². The summed E-state index contributed by atoms with van der Waals surface area (Å²) in [4.78, 5) is 0. The summed E-state index contributed by atoms with van der Waals surface area (Å²) in [5, 5.41) is 18.5. The van der Waals surface area contributed by atoms with Gasteiger partial charge in [0.05, 0.1) is 0 Å². The molecule has 1 heterocycles. The van der Waals surface area contributed by atoms with Crippen LogP contribution in [-0.2, 0) is 11.3 Å². The van der Waals surface area contributed by atoms with Crippen molar-refractivity contribution in [1.29, 1.82) is 0 Å². The van der Waals surface area contributed by atoms with Gasteiger partial charge in [0, 0.05) is 20.1 Å². The lowest BCUT2D eigenvalue weighted by atomic mass is 10.3. The average molecular weight is 184 g/mol. The van der Waals surface area contributed by atoms with Crippen LogP contribution in [0.4, 0.5) is 0 Å². The third kappa shape index (κ3) is 2.09. The van der Waals surface area contributed by atoms with Crippen LogP contribution in [0.3, 0.4) is 0 Å². The van der Waals surface area contributed by atoms with Gasteiger partial charge in [0.2, 0.25) is 11.4 Å². The van der Waals surface area contributed by atoms with Gasteiger partial charge in [-0.25, -0.2) is 0 Å². The predicted octanol–water partition coefficient (Wildman–Crippen LogP) is 0.340. The summed E-state index contributed by atoms with van der Waals surface area (Å²) in [6.45, 7) is 2.98. The quantitative estimate of drug-likeness (QED) is 0.666.